The first-order valence-corrected chi connectivity index (χ1v) is 7.25. The average molecular weight is 224 g/mol. The van der Waals surface area contributed by atoms with E-state index in [-0.39, 0.29) is 0 Å². The van der Waals surface area contributed by atoms with Crippen molar-refractivity contribution in [1.29, 1.82) is 0 Å². The van der Waals surface area contributed by atoms with E-state index in [1.807, 2.05) is 0 Å². The molecule has 2 aliphatic carbocycles. The van der Waals surface area contributed by atoms with E-state index < -0.39 is 0 Å². The van der Waals surface area contributed by atoms with Gasteiger partial charge in [-0.3, -0.25) is 0 Å². The molecule has 0 heterocycles. The molecule has 0 aromatic carbocycles. The molecule has 1 N–H and O–H groups in total. The number of rotatable bonds is 6. The average Bonchev–Trinajstić information content (AvgIpc) is 2.60. The van der Waals surface area contributed by atoms with Crippen molar-refractivity contribution in [3.8, 4) is 0 Å². The molecule has 0 spiro atoms. The maximum absolute atomic E-state index is 3.66. The van der Waals surface area contributed by atoms with Gasteiger partial charge < -0.3 is 10.2 Å². The van der Waals surface area contributed by atoms with Gasteiger partial charge in [0.1, 0.15) is 0 Å². The molecule has 2 rings (SSSR count). The summed E-state index contributed by atoms with van der Waals surface area (Å²) in [6.45, 7) is 4.69. The van der Waals surface area contributed by atoms with E-state index >= 15 is 0 Å². The summed E-state index contributed by atoms with van der Waals surface area (Å²) in [7, 11) is 2.32. The second-order valence-electron chi connectivity index (χ2n) is 5.71. The molecular weight excluding hydrogens is 196 g/mol. The van der Waals surface area contributed by atoms with Crippen molar-refractivity contribution in [2.45, 2.75) is 64.0 Å². The van der Waals surface area contributed by atoms with Crippen molar-refractivity contribution in [1.82, 2.24) is 10.2 Å². The lowest BCUT2D eigenvalue weighted by atomic mass is 9.91. The highest BCUT2D eigenvalue weighted by Gasteiger charge is 2.28. The highest BCUT2D eigenvalue weighted by molar-refractivity contribution is 4.84. The van der Waals surface area contributed by atoms with Crippen LogP contribution in [0.1, 0.15) is 51.9 Å². The van der Waals surface area contributed by atoms with Gasteiger partial charge in [0.05, 0.1) is 0 Å². The van der Waals surface area contributed by atoms with Gasteiger partial charge in [0, 0.05) is 12.1 Å². The molecular formula is C14H28N2. The van der Waals surface area contributed by atoms with Crippen molar-refractivity contribution in [3.05, 3.63) is 0 Å². The van der Waals surface area contributed by atoms with E-state index in [1.165, 1.54) is 51.5 Å². The van der Waals surface area contributed by atoms with Gasteiger partial charge >= 0.3 is 0 Å². The molecule has 0 aromatic rings. The van der Waals surface area contributed by atoms with E-state index in [9.17, 15) is 0 Å². The van der Waals surface area contributed by atoms with Crippen molar-refractivity contribution < 1.29 is 0 Å². The molecule has 0 aliphatic heterocycles. The van der Waals surface area contributed by atoms with Crippen LogP contribution in [0.5, 0.6) is 0 Å². The SMILES string of the molecule is CCNC1CCCC1CCN(C)C1CCC1. The predicted molar refractivity (Wildman–Crippen MR) is 69.7 cm³/mol. The molecule has 2 heteroatoms. The van der Waals surface area contributed by atoms with Crippen LogP contribution in [0.4, 0.5) is 0 Å². The van der Waals surface area contributed by atoms with Gasteiger partial charge in [-0.25, -0.2) is 0 Å². The smallest absolute Gasteiger partial charge is 0.00956 e. The molecule has 0 aromatic heterocycles. The van der Waals surface area contributed by atoms with Crippen LogP contribution in [0.15, 0.2) is 0 Å². The van der Waals surface area contributed by atoms with Gasteiger partial charge in [0.15, 0.2) is 0 Å². The largest absolute Gasteiger partial charge is 0.314 e. The molecule has 2 aliphatic rings. The van der Waals surface area contributed by atoms with Gasteiger partial charge in [-0.15, -0.1) is 0 Å². The number of hydrogen-bond acceptors (Lipinski definition) is 2. The molecule has 2 nitrogen and oxygen atoms in total. The summed E-state index contributed by atoms with van der Waals surface area (Å²) in [6, 6.07) is 1.73. The van der Waals surface area contributed by atoms with E-state index in [1.54, 1.807) is 0 Å². The van der Waals surface area contributed by atoms with Gasteiger partial charge in [-0.05, 0) is 58.2 Å². The highest BCUT2D eigenvalue weighted by atomic mass is 15.1. The molecule has 2 atom stereocenters. The fourth-order valence-electron chi connectivity index (χ4n) is 3.29. The summed E-state index contributed by atoms with van der Waals surface area (Å²) in [5.74, 6) is 0.947. The quantitative estimate of drug-likeness (QED) is 0.746. The Kier molecular flexibility index (Phi) is 4.66. The second kappa shape index (κ2) is 6.02. The van der Waals surface area contributed by atoms with Crippen LogP contribution < -0.4 is 5.32 Å². The lowest BCUT2D eigenvalue weighted by Crippen LogP contribution is -2.39. The normalized spacial score (nSPS) is 30.9. The minimum absolute atomic E-state index is 0.819. The third-order valence-corrected chi connectivity index (χ3v) is 4.68. The summed E-state index contributed by atoms with van der Waals surface area (Å²) in [4.78, 5) is 2.60. The van der Waals surface area contributed by atoms with E-state index in [0.717, 1.165) is 24.5 Å². The molecule has 0 saturated heterocycles. The zero-order valence-corrected chi connectivity index (χ0v) is 11.0. The van der Waals surface area contributed by atoms with Crippen LogP contribution >= 0.6 is 0 Å². The van der Waals surface area contributed by atoms with Gasteiger partial charge in [-0.1, -0.05) is 19.8 Å². The topological polar surface area (TPSA) is 15.3 Å². The molecule has 0 amide bonds. The summed E-state index contributed by atoms with van der Waals surface area (Å²) >= 11 is 0. The summed E-state index contributed by atoms with van der Waals surface area (Å²) < 4.78 is 0. The fraction of sp³-hybridized carbons (Fsp3) is 1.00. The monoisotopic (exact) mass is 224 g/mol. The maximum Gasteiger partial charge on any atom is 0.00956 e. The third kappa shape index (κ3) is 2.98. The minimum Gasteiger partial charge on any atom is -0.314 e. The summed E-state index contributed by atoms with van der Waals surface area (Å²) in [5.41, 5.74) is 0. The van der Waals surface area contributed by atoms with Gasteiger partial charge in [0.2, 0.25) is 0 Å². The number of nitrogens with zero attached hydrogens (tertiary/aromatic N) is 1. The second-order valence-corrected chi connectivity index (χ2v) is 5.71. The van der Waals surface area contributed by atoms with Gasteiger partial charge in [-0.2, -0.15) is 0 Å². The lowest BCUT2D eigenvalue weighted by Gasteiger charge is -2.35. The van der Waals surface area contributed by atoms with E-state index in [4.69, 9.17) is 0 Å². The van der Waals surface area contributed by atoms with E-state index in [0.29, 0.717) is 0 Å². The predicted octanol–water partition coefficient (Wildman–Crippen LogP) is 2.64. The van der Waals surface area contributed by atoms with Crippen LogP contribution in [0.25, 0.3) is 0 Å². The van der Waals surface area contributed by atoms with Crippen molar-refractivity contribution in [3.63, 3.8) is 0 Å². The zero-order valence-electron chi connectivity index (χ0n) is 11.0. The van der Waals surface area contributed by atoms with Crippen molar-refractivity contribution >= 4 is 0 Å². The molecule has 94 valence electrons. The fourth-order valence-corrected chi connectivity index (χ4v) is 3.29. The van der Waals surface area contributed by atoms with Gasteiger partial charge in [0.25, 0.3) is 0 Å². The standard InChI is InChI=1S/C14H28N2/c1-3-15-14-9-4-6-12(14)10-11-16(2)13-7-5-8-13/h12-15H,3-11H2,1-2H3. The molecule has 16 heavy (non-hydrogen) atoms. The number of hydrogen-bond donors (Lipinski definition) is 1. The van der Waals surface area contributed by atoms with Crippen LogP contribution in [-0.2, 0) is 0 Å². The third-order valence-electron chi connectivity index (χ3n) is 4.68. The minimum atomic E-state index is 0.819. The highest BCUT2D eigenvalue weighted by Crippen LogP contribution is 2.30. The van der Waals surface area contributed by atoms with Crippen LogP contribution in [0.2, 0.25) is 0 Å². The first-order chi connectivity index (χ1) is 7.81. The lowest BCUT2D eigenvalue weighted by molar-refractivity contribution is 0.148. The Hall–Kier alpha value is -0.0800. The number of nitrogens with one attached hydrogen (secondary N) is 1. The first-order valence-electron chi connectivity index (χ1n) is 7.25. The molecule has 2 saturated carbocycles. The molecule has 2 fully saturated rings. The molecule has 2 unspecified atom stereocenters. The Morgan fingerprint density at radius 1 is 1.12 bits per heavy atom. The van der Waals surface area contributed by atoms with Crippen LogP contribution in [0, 0.1) is 5.92 Å². The van der Waals surface area contributed by atoms with Crippen LogP contribution in [0.3, 0.4) is 0 Å². The van der Waals surface area contributed by atoms with Crippen LogP contribution in [-0.4, -0.2) is 37.1 Å². The Morgan fingerprint density at radius 3 is 2.50 bits per heavy atom. The maximum atomic E-state index is 3.66. The summed E-state index contributed by atoms with van der Waals surface area (Å²) in [6.07, 6.45) is 10.1. The Labute approximate surface area is 101 Å². The van der Waals surface area contributed by atoms with Crippen molar-refractivity contribution in [2.24, 2.45) is 5.92 Å². The Balaban J connectivity index is 1.67. The van der Waals surface area contributed by atoms with Crippen molar-refractivity contribution in [2.75, 3.05) is 20.1 Å². The summed E-state index contributed by atoms with van der Waals surface area (Å²) in [5, 5.41) is 3.66. The zero-order chi connectivity index (χ0) is 11.4. The van der Waals surface area contributed by atoms with E-state index in [2.05, 4.69) is 24.2 Å². The molecule has 0 radical (unpaired) electrons. The molecule has 0 bridgehead atoms. The Bertz CT molecular complexity index is 201. The first kappa shape index (κ1) is 12.4. The Morgan fingerprint density at radius 2 is 1.88 bits per heavy atom.